The Morgan fingerprint density at radius 2 is 1.90 bits per heavy atom. The van der Waals surface area contributed by atoms with Crippen LogP contribution in [-0.2, 0) is 10.0 Å². The third kappa shape index (κ3) is 5.48. The third-order valence-corrected chi connectivity index (χ3v) is 4.47. The van der Waals surface area contributed by atoms with Gasteiger partial charge in [-0.05, 0) is 31.0 Å². The molecule has 7 heteroatoms. The van der Waals surface area contributed by atoms with E-state index in [0.717, 1.165) is 31.7 Å². The molecular formula is C13H18ClNO4S. The molecule has 5 nitrogen and oxygen atoms in total. The van der Waals surface area contributed by atoms with Crippen molar-refractivity contribution in [3.05, 3.63) is 29.8 Å². The molecule has 0 aliphatic heterocycles. The second kappa shape index (κ2) is 8.24. The van der Waals surface area contributed by atoms with Crippen molar-refractivity contribution >= 4 is 27.6 Å². The molecule has 0 spiro atoms. The van der Waals surface area contributed by atoms with E-state index in [4.69, 9.17) is 16.7 Å². The summed E-state index contributed by atoms with van der Waals surface area (Å²) in [6.45, 7) is 0.335. The standard InChI is InChI=1S/C13H18ClNO4S/c14-8-3-1-2-4-9-15-20(18,19)12-7-5-6-11(10-12)13(16)17/h5-7,10,15H,1-4,8-9H2,(H,16,17). The quantitative estimate of drug-likeness (QED) is 0.541. The molecule has 1 aromatic carbocycles. The molecule has 20 heavy (non-hydrogen) atoms. The molecule has 0 atom stereocenters. The molecular weight excluding hydrogens is 302 g/mol. The van der Waals surface area contributed by atoms with E-state index in [9.17, 15) is 13.2 Å². The van der Waals surface area contributed by atoms with Crippen molar-refractivity contribution in [1.82, 2.24) is 4.72 Å². The maximum absolute atomic E-state index is 12.0. The van der Waals surface area contributed by atoms with Crippen molar-refractivity contribution in [2.24, 2.45) is 0 Å². The van der Waals surface area contributed by atoms with Gasteiger partial charge >= 0.3 is 5.97 Å². The highest BCUT2D eigenvalue weighted by molar-refractivity contribution is 7.89. The number of halogens is 1. The summed E-state index contributed by atoms with van der Waals surface area (Å²) in [5, 5.41) is 8.85. The van der Waals surface area contributed by atoms with Crippen LogP contribution in [0.5, 0.6) is 0 Å². The summed E-state index contributed by atoms with van der Waals surface area (Å²) in [6, 6.07) is 5.30. The Kier molecular flexibility index (Phi) is 6.98. The molecule has 1 rings (SSSR count). The minimum absolute atomic E-state index is 0.0295. The highest BCUT2D eigenvalue weighted by Crippen LogP contribution is 2.11. The van der Waals surface area contributed by atoms with Gasteiger partial charge in [-0.15, -0.1) is 11.6 Å². The monoisotopic (exact) mass is 319 g/mol. The topological polar surface area (TPSA) is 83.5 Å². The molecule has 0 saturated carbocycles. The van der Waals surface area contributed by atoms with Crippen LogP contribution in [0.25, 0.3) is 0 Å². The van der Waals surface area contributed by atoms with Crippen LogP contribution in [-0.4, -0.2) is 31.9 Å². The van der Waals surface area contributed by atoms with Gasteiger partial charge in [-0.3, -0.25) is 0 Å². The Labute approximate surface area is 124 Å². The third-order valence-electron chi connectivity index (χ3n) is 2.74. The average molecular weight is 320 g/mol. The number of hydrogen-bond acceptors (Lipinski definition) is 3. The molecule has 0 aliphatic rings. The van der Waals surface area contributed by atoms with E-state index in [1.165, 1.54) is 18.2 Å². The summed E-state index contributed by atoms with van der Waals surface area (Å²) in [5.41, 5.74) is -0.0463. The van der Waals surface area contributed by atoms with Crippen molar-refractivity contribution in [3.63, 3.8) is 0 Å². The summed E-state index contributed by atoms with van der Waals surface area (Å²) < 4.78 is 26.4. The largest absolute Gasteiger partial charge is 0.478 e. The predicted molar refractivity (Wildman–Crippen MR) is 77.8 cm³/mol. The Morgan fingerprint density at radius 1 is 1.20 bits per heavy atom. The summed E-state index contributed by atoms with van der Waals surface area (Å²) >= 11 is 5.55. The first-order valence-corrected chi connectivity index (χ1v) is 8.38. The number of carbonyl (C=O) groups is 1. The van der Waals surface area contributed by atoms with Gasteiger partial charge in [0.25, 0.3) is 0 Å². The highest BCUT2D eigenvalue weighted by atomic mass is 35.5. The van der Waals surface area contributed by atoms with Crippen LogP contribution in [0.15, 0.2) is 29.2 Å². The normalized spacial score (nSPS) is 11.4. The fraction of sp³-hybridized carbons (Fsp3) is 0.462. The molecule has 0 amide bonds. The first kappa shape index (κ1) is 16.9. The van der Waals surface area contributed by atoms with Gasteiger partial charge in [0.2, 0.25) is 10.0 Å². The lowest BCUT2D eigenvalue weighted by molar-refractivity contribution is 0.0696. The van der Waals surface area contributed by atoms with Gasteiger partial charge in [0.1, 0.15) is 0 Å². The van der Waals surface area contributed by atoms with Crippen LogP contribution in [0.1, 0.15) is 36.0 Å². The smallest absolute Gasteiger partial charge is 0.335 e. The number of sulfonamides is 1. The predicted octanol–water partition coefficient (Wildman–Crippen LogP) is 2.46. The lowest BCUT2D eigenvalue weighted by atomic mass is 10.2. The SMILES string of the molecule is O=C(O)c1cccc(S(=O)(=O)NCCCCCCCl)c1. The summed E-state index contributed by atoms with van der Waals surface area (Å²) in [4.78, 5) is 10.8. The summed E-state index contributed by atoms with van der Waals surface area (Å²) in [6.07, 6.45) is 3.54. The van der Waals surface area contributed by atoms with Gasteiger partial charge in [-0.2, -0.15) is 0 Å². The minimum atomic E-state index is -3.65. The lowest BCUT2D eigenvalue weighted by Crippen LogP contribution is -2.25. The van der Waals surface area contributed by atoms with Crippen LogP contribution < -0.4 is 4.72 Å². The summed E-state index contributed by atoms with van der Waals surface area (Å²) in [5.74, 6) is -0.531. The van der Waals surface area contributed by atoms with Crippen molar-refractivity contribution in [3.8, 4) is 0 Å². The number of benzene rings is 1. The van der Waals surface area contributed by atoms with Gasteiger partial charge in [0.15, 0.2) is 0 Å². The maximum atomic E-state index is 12.0. The lowest BCUT2D eigenvalue weighted by Gasteiger charge is -2.07. The fourth-order valence-corrected chi connectivity index (χ4v) is 2.97. The number of unbranched alkanes of at least 4 members (excludes halogenated alkanes) is 3. The van der Waals surface area contributed by atoms with Crippen LogP contribution >= 0.6 is 11.6 Å². The summed E-state index contributed by atoms with van der Waals surface area (Å²) in [7, 11) is -3.65. The number of aromatic carboxylic acids is 1. The zero-order valence-electron chi connectivity index (χ0n) is 11.0. The number of nitrogens with one attached hydrogen (secondary N) is 1. The van der Waals surface area contributed by atoms with Crippen LogP contribution in [0.3, 0.4) is 0 Å². The first-order valence-electron chi connectivity index (χ1n) is 6.36. The molecule has 0 radical (unpaired) electrons. The number of rotatable bonds is 9. The number of alkyl halides is 1. The molecule has 0 fully saturated rings. The maximum Gasteiger partial charge on any atom is 0.335 e. The van der Waals surface area contributed by atoms with Crippen molar-refractivity contribution < 1.29 is 18.3 Å². The number of carboxylic acid groups (broad SMARTS) is 1. The van der Waals surface area contributed by atoms with E-state index < -0.39 is 16.0 Å². The molecule has 0 heterocycles. The molecule has 0 bridgehead atoms. The van der Waals surface area contributed by atoms with Crippen molar-refractivity contribution in [2.75, 3.05) is 12.4 Å². The van der Waals surface area contributed by atoms with E-state index in [1.54, 1.807) is 0 Å². The van der Waals surface area contributed by atoms with Crippen LogP contribution in [0.2, 0.25) is 0 Å². The second-order valence-corrected chi connectivity index (χ2v) is 6.48. The molecule has 2 N–H and O–H groups in total. The fourth-order valence-electron chi connectivity index (χ4n) is 1.66. The minimum Gasteiger partial charge on any atom is -0.478 e. The van der Waals surface area contributed by atoms with Gasteiger partial charge in [-0.1, -0.05) is 18.9 Å². The second-order valence-electron chi connectivity index (χ2n) is 4.33. The van der Waals surface area contributed by atoms with E-state index in [2.05, 4.69) is 4.72 Å². The molecule has 0 aliphatic carbocycles. The number of hydrogen-bond donors (Lipinski definition) is 2. The Balaban J connectivity index is 2.56. The molecule has 0 saturated heterocycles. The van der Waals surface area contributed by atoms with E-state index in [0.29, 0.717) is 12.4 Å². The van der Waals surface area contributed by atoms with E-state index >= 15 is 0 Å². The van der Waals surface area contributed by atoms with Crippen molar-refractivity contribution in [2.45, 2.75) is 30.6 Å². The van der Waals surface area contributed by atoms with Gasteiger partial charge < -0.3 is 5.11 Å². The molecule has 112 valence electrons. The average Bonchev–Trinajstić information content (AvgIpc) is 2.43. The Hall–Kier alpha value is -1.11. The highest BCUT2D eigenvalue weighted by Gasteiger charge is 2.15. The van der Waals surface area contributed by atoms with Crippen LogP contribution in [0, 0.1) is 0 Å². The van der Waals surface area contributed by atoms with Gasteiger partial charge in [0, 0.05) is 12.4 Å². The van der Waals surface area contributed by atoms with Gasteiger partial charge in [0.05, 0.1) is 10.5 Å². The Bertz CT molecular complexity index is 545. The Morgan fingerprint density at radius 3 is 2.55 bits per heavy atom. The zero-order chi connectivity index (χ0) is 15.0. The first-order chi connectivity index (χ1) is 9.47. The number of carboxylic acids is 1. The van der Waals surface area contributed by atoms with Crippen LogP contribution in [0.4, 0.5) is 0 Å². The zero-order valence-corrected chi connectivity index (χ0v) is 12.6. The molecule has 0 aromatic heterocycles. The van der Waals surface area contributed by atoms with Gasteiger partial charge in [-0.25, -0.2) is 17.9 Å². The van der Waals surface area contributed by atoms with Crippen molar-refractivity contribution in [1.29, 1.82) is 0 Å². The molecule has 1 aromatic rings. The van der Waals surface area contributed by atoms with E-state index in [1.807, 2.05) is 0 Å². The molecule has 0 unspecified atom stereocenters. The van der Waals surface area contributed by atoms with E-state index in [-0.39, 0.29) is 10.5 Å².